The molecular formula is C59H109NO12. The Labute approximate surface area is 439 Å². The van der Waals surface area contributed by atoms with Gasteiger partial charge in [-0.2, -0.15) is 0 Å². The Morgan fingerprint density at radius 1 is 0.361 bits per heavy atom. The van der Waals surface area contributed by atoms with Crippen LogP contribution in [0.1, 0.15) is 273 Å². The molecule has 13 heteroatoms. The third-order valence-corrected chi connectivity index (χ3v) is 13.6. The molecule has 0 fully saturated rings. The summed E-state index contributed by atoms with van der Waals surface area (Å²) < 4.78 is 34.2. The van der Waals surface area contributed by atoms with Crippen molar-refractivity contribution in [1.82, 2.24) is 4.90 Å². The van der Waals surface area contributed by atoms with Crippen molar-refractivity contribution in [3.63, 3.8) is 0 Å². The van der Waals surface area contributed by atoms with Crippen LogP contribution in [0.2, 0.25) is 0 Å². The summed E-state index contributed by atoms with van der Waals surface area (Å²) in [5.41, 5.74) is -1.42. The summed E-state index contributed by atoms with van der Waals surface area (Å²) in [5, 5.41) is 0. The molecule has 0 saturated carbocycles. The van der Waals surface area contributed by atoms with Crippen LogP contribution in [0.5, 0.6) is 0 Å². The Hall–Kier alpha value is -3.22. The summed E-state index contributed by atoms with van der Waals surface area (Å²) in [7, 11) is 0. The van der Waals surface area contributed by atoms with E-state index in [1.165, 1.54) is 77.0 Å². The molecule has 0 spiro atoms. The highest BCUT2D eigenvalue weighted by Gasteiger charge is 2.38. The molecule has 0 aromatic rings. The molecule has 0 saturated heterocycles. The van der Waals surface area contributed by atoms with Gasteiger partial charge in [0.25, 0.3) is 0 Å². The lowest BCUT2D eigenvalue weighted by atomic mass is 9.91. The van der Waals surface area contributed by atoms with E-state index < -0.39 is 29.3 Å². The van der Waals surface area contributed by atoms with Gasteiger partial charge in [-0.25, -0.2) is 0 Å². The van der Waals surface area contributed by atoms with Crippen LogP contribution in [-0.4, -0.2) is 99.5 Å². The van der Waals surface area contributed by atoms with Gasteiger partial charge in [0, 0.05) is 44.6 Å². The second kappa shape index (κ2) is 48.7. The number of nitrogens with zero attached hydrogens (tertiary/aromatic N) is 1. The highest BCUT2D eigenvalue weighted by Crippen LogP contribution is 2.26. The van der Waals surface area contributed by atoms with Crippen molar-refractivity contribution >= 4 is 35.8 Å². The molecule has 0 heterocycles. The molecule has 0 aliphatic rings. The molecule has 0 amide bonds. The van der Waals surface area contributed by atoms with Gasteiger partial charge in [-0.05, 0) is 77.8 Å². The number of ether oxygens (including phenoxy) is 6. The topological polar surface area (TPSA) is 161 Å². The summed E-state index contributed by atoms with van der Waals surface area (Å²) >= 11 is 0. The Morgan fingerprint density at radius 3 is 1.01 bits per heavy atom. The smallest absolute Gasteiger partial charge is 0.306 e. The first-order valence-corrected chi connectivity index (χ1v) is 29.5. The second-order valence-electron chi connectivity index (χ2n) is 20.8. The molecule has 0 aromatic carbocycles. The minimum absolute atomic E-state index is 0.0568. The lowest BCUT2D eigenvalue weighted by molar-refractivity contribution is -0.171. The van der Waals surface area contributed by atoms with Crippen molar-refractivity contribution in [3.8, 4) is 0 Å². The van der Waals surface area contributed by atoms with Crippen molar-refractivity contribution in [2.75, 3.05) is 52.7 Å². The molecule has 422 valence electrons. The van der Waals surface area contributed by atoms with E-state index in [1.807, 2.05) is 0 Å². The van der Waals surface area contributed by atoms with E-state index in [9.17, 15) is 28.8 Å². The van der Waals surface area contributed by atoms with Gasteiger partial charge in [-0.15, -0.1) is 0 Å². The second-order valence-corrected chi connectivity index (χ2v) is 20.8. The fourth-order valence-electron chi connectivity index (χ4n) is 8.71. The zero-order chi connectivity index (χ0) is 53.3. The fourth-order valence-corrected chi connectivity index (χ4v) is 8.71. The molecule has 72 heavy (non-hydrogen) atoms. The number of unbranched alkanes of at least 4 members (excludes halogenated alkanes) is 20. The van der Waals surface area contributed by atoms with Crippen LogP contribution < -0.4 is 0 Å². The van der Waals surface area contributed by atoms with Gasteiger partial charge < -0.3 is 33.3 Å². The average molecular weight is 1020 g/mol. The van der Waals surface area contributed by atoms with Gasteiger partial charge in [0.15, 0.2) is 0 Å². The maximum atomic E-state index is 13.6. The third-order valence-electron chi connectivity index (χ3n) is 13.6. The molecule has 13 nitrogen and oxygen atoms in total. The summed E-state index contributed by atoms with van der Waals surface area (Å²) in [6.45, 7) is 15.9. The first-order chi connectivity index (χ1) is 34.8. The summed E-state index contributed by atoms with van der Waals surface area (Å²) in [5.74, 6) is -2.68. The van der Waals surface area contributed by atoms with Gasteiger partial charge in [0.05, 0.1) is 13.2 Å². The number of carbonyl (C=O) groups excluding carboxylic acids is 6. The normalized spacial score (nSPS) is 11.6. The zero-order valence-electron chi connectivity index (χ0n) is 47.4. The molecule has 0 N–H and O–H groups in total. The predicted octanol–water partition coefficient (Wildman–Crippen LogP) is 14.3. The van der Waals surface area contributed by atoms with E-state index in [2.05, 4.69) is 53.4 Å². The van der Waals surface area contributed by atoms with Gasteiger partial charge in [-0.1, -0.05) is 176 Å². The van der Waals surface area contributed by atoms with E-state index in [0.717, 1.165) is 96.4 Å². The number of carbonyl (C=O) groups is 6. The fraction of sp³-hybridized carbons (Fsp3) is 0.898. The lowest BCUT2D eigenvalue weighted by Gasteiger charge is -2.32. The summed E-state index contributed by atoms with van der Waals surface area (Å²) in [4.78, 5) is 80.6. The summed E-state index contributed by atoms with van der Waals surface area (Å²) in [6, 6.07) is 0.320. The Morgan fingerprint density at radius 2 is 0.667 bits per heavy atom. The monoisotopic (exact) mass is 1020 g/mol. The minimum atomic E-state index is -1.42. The van der Waals surface area contributed by atoms with E-state index in [-0.39, 0.29) is 95.7 Å². The van der Waals surface area contributed by atoms with Crippen molar-refractivity contribution in [3.05, 3.63) is 0 Å². The molecular weight excluding hydrogens is 915 g/mol. The van der Waals surface area contributed by atoms with Crippen LogP contribution in [0.15, 0.2) is 0 Å². The van der Waals surface area contributed by atoms with Crippen LogP contribution in [0, 0.1) is 11.3 Å². The van der Waals surface area contributed by atoms with E-state index in [0.29, 0.717) is 32.2 Å². The Balaban J connectivity index is 5.82. The Bertz CT molecular complexity index is 1290. The lowest BCUT2D eigenvalue weighted by Crippen LogP contribution is -2.44. The van der Waals surface area contributed by atoms with Crippen molar-refractivity contribution < 1.29 is 57.2 Å². The molecule has 0 radical (unpaired) electrons. The van der Waals surface area contributed by atoms with Crippen LogP contribution in [-0.2, 0) is 57.2 Å². The van der Waals surface area contributed by atoms with Crippen LogP contribution in [0.3, 0.4) is 0 Å². The number of rotatable bonds is 52. The molecule has 0 bridgehead atoms. The number of hydrogen-bond donors (Lipinski definition) is 0. The highest BCUT2D eigenvalue weighted by molar-refractivity contribution is 5.73. The minimum Gasteiger partial charge on any atom is -0.466 e. The molecule has 0 atom stereocenters. The van der Waals surface area contributed by atoms with Crippen molar-refractivity contribution in [2.45, 2.75) is 279 Å². The molecule has 0 unspecified atom stereocenters. The zero-order valence-corrected chi connectivity index (χ0v) is 47.4. The van der Waals surface area contributed by atoms with E-state index >= 15 is 0 Å². The molecule has 0 aliphatic carbocycles. The van der Waals surface area contributed by atoms with Crippen molar-refractivity contribution in [1.29, 1.82) is 0 Å². The SMILES string of the molecule is CCCCCCCCCCCOC(=O)CCCC(=O)OCC(COC(=O)CCCC(=O)OCCCCCCCCCCC)(COC(=O)CCCN(CC)C(C)C)COC(=O)CC(CCCCC)CCCCC. The van der Waals surface area contributed by atoms with Gasteiger partial charge in [0.1, 0.15) is 31.8 Å². The molecule has 0 aliphatic heterocycles. The standard InChI is InChI=1S/C59H109NO12/c1-8-13-17-19-21-23-25-27-31-44-67-53(61)38-33-40-55(63)69-47-59(49-71-57(65)42-35-43-60(12-5)51(6)7,50-72-58(66)46-52(36-29-15-10-3)37-30-16-11-4)48-70-56(64)41-34-39-54(62)68-45-32-28-26-24-22-20-18-14-9-2/h51-52H,8-50H2,1-7H3. The van der Waals surface area contributed by atoms with Gasteiger partial charge in [0.2, 0.25) is 0 Å². The van der Waals surface area contributed by atoms with Crippen LogP contribution in [0.4, 0.5) is 0 Å². The van der Waals surface area contributed by atoms with Gasteiger partial charge in [-0.3, -0.25) is 28.8 Å². The Kier molecular flexibility index (Phi) is 46.5. The largest absolute Gasteiger partial charge is 0.466 e. The average Bonchev–Trinajstić information content (AvgIpc) is 3.35. The third kappa shape index (κ3) is 42.2. The van der Waals surface area contributed by atoms with E-state index in [1.54, 1.807) is 0 Å². The van der Waals surface area contributed by atoms with Crippen LogP contribution in [0.25, 0.3) is 0 Å². The number of esters is 6. The molecule has 0 rings (SSSR count). The molecule has 0 aromatic heterocycles. The first kappa shape index (κ1) is 68.8. The summed E-state index contributed by atoms with van der Waals surface area (Å²) in [6.07, 6.45) is 30.5. The maximum Gasteiger partial charge on any atom is 0.306 e. The van der Waals surface area contributed by atoms with Crippen LogP contribution >= 0.6 is 0 Å². The van der Waals surface area contributed by atoms with Crippen molar-refractivity contribution in [2.24, 2.45) is 11.3 Å². The first-order valence-electron chi connectivity index (χ1n) is 29.5. The quantitative estimate of drug-likeness (QED) is 0.0322. The highest BCUT2D eigenvalue weighted by atomic mass is 16.6. The maximum absolute atomic E-state index is 13.6. The number of hydrogen-bond acceptors (Lipinski definition) is 13. The predicted molar refractivity (Wildman–Crippen MR) is 288 cm³/mol. The van der Waals surface area contributed by atoms with Gasteiger partial charge >= 0.3 is 35.8 Å². The van der Waals surface area contributed by atoms with E-state index in [4.69, 9.17) is 28.4 Å².